The van der Waals surface area contributed by atoms with Crippen molar-refractivity contribution in [2.75, 3.05) is 37.0 Å². The zero-order valence-electron chi connectivity index (χ0n) is 14.2. The molecule has 0 aliphatic carbocycles. The van der Waals surface area contributed by atoms with Crippen molar-refractivity contribution >= 4 is 23.5 Å². The topological polar surface area (TPSA) is 74.8 Å². The van der Waals surface area contributed by atoms with Crippen LogP contribution in [0.25, 0.3) is 0 Å². The lowest BCUT2D eigenvalue weighted by Gasteiger charge is -2.14. The lowest BCUT2D eigenvalue weighted by Crippen LogP contribution is -2.25. The smallest absolute Gasteiger partial charge is 0.414 e. The van der Waals surface area contributed by atoms with Gasteiger partial charge in [0.05, 0.1) is 12.1 Å². The van der Waals surface area contributed by atoms with E-state index in [0.29, 0.717) is 25.3 Å². The highest BCUT2D eigenvalue weighted by Gasteiger charge is 2.23. The third kappa shape index (κ3) is 3.88. The lowest BCUT2D eigenvalue weighted by molar-refractivity contribution is 0.0950. The highest BCUT2D eigenvalue weighted by molar-refractivity contribution is 5.94. The fourth-order valence-corrected chi connectivity index (χ4v) is 2.53. The number of amides is 2. The Balaban J connectivity index is 1.63. The first-order valence-corrected chi connectivity index (χ1v) is 7.99. The molecule has 1 aromatic heterocycles. The molecule has 0 unspecified atom stereocenters. The number of anilines is 2. The number of pyridine rings is 1. The Kier molecular flexibility index (Phi) is 4.83. The monoisotopic (exact) mass is 340 g/mol. The van der Waals surface area contributed by atoms with Crippen molar-refractivity contribution in [1.29, 1.82) is 0 Å². The fraction of sp³-hybridized carbons (Fsp3) is 0.278. The number of hydrogen-bond acceptors (Lipinski definition) is 5. The summed E-state index contributed by atoms with van der Waals surface area (Å²) in [6.07, 6.45) is 1.22. The van der Waals surface area contributed by atoms with Gasteiger partial charge in [-0.2, -0.15) is 0 Å². The maximum absolute atomic E-state index is 12.2. The second kappa shape index (κ2) is 7.21. The van der Waals surface area contributed by atoms with Gasteiger partial charge in [0.25, 0.3) is 5.91 Å². The average molecular weight is 340 g/mol. The Morgan fingerprint density at radius 3 is 2.80 bits per heavy atom. The van der Waals surface area contributed by atoms with Crippen LogP contribution >= 0.6 is 0 Å². The Bertz CT molecular complexity index is 774. The molecule has 7 heteroatoms. The van der Waals surface area contributed by atoms with Gasteiger partial charge in [0, 0.05) is 32.5 Å². The second-order valence-corrected chi connectivity index (χ2v) is 5.92. The summed E-state index contributed by atoms with van der Waals surface area (Å²) in [6.45, 7) is 1.30. The third-order valence-electron chi connectivity index (χ3n) is 3.90. The molecule has 7 nitrogen and oxygen atoms in total. The van der Waals surface area contributed by atoms with Gasteiger partial charge < -0.3 is 15.0 Å². The largest absolute Gasteiger partial charge is 0.447 e. The minimum absolute atomic E-state index is 0.191. The van der Waals surface area contributed by atoms with E-state index in [9.17, 15) is 9.59 Å². The number of aromatic nitrogens is 1. The molecule has 3 rings (SSSR count). The number of rotatable bonds is 5. The van der Waals surface area contributed by atoms with Crippen LogP contribution < -0.4 is 15.1 Å². The molecule has 0 spiro atoms. The van der Waals surface area contributed by atoms with Crippen molar-refractivity contribution in [3.63, 3.8) is 0 Å². The summed E-state index contributed by atoms with van der Waals surface area (Å²) in [7, 11) is 3.79. The Hall–Kier alpha value is -3.09. The molecular weight excluding hydrogens is 320 g/mol. The van der Waals surface area contributed by atoms with Crippen LogP contribution in [-0.2, 0) is 11.3 Å². The van der Waals surface area contributed by atoms with Gasteiger partial charge in [0.1, 0.15) is 12.4 Å². The van der Waals surface area contributed by atoms with Crippen LogP contribution in [0.3, 0.4) is 0 Å². The summed E-state index contributed by atoms with van der Waals surface area (Å²) in [5.41, 5.74) is 2.18. The van der Waals surface area contributed by atoms with E-state index in [1.54, 1.807) is 23.2 Å². The van der Waals surface area contributed by atoms with Crippen molar-refractivity contribution in [2.45, 2.75) is 6.54 Å². The average Bonchev–Trinajstić information content (AvgIpc) is 3.06. The molecule has 2 heterocycles. The minimum Gasteiger partial charge on any atom is -0.447 e. The van der Waals surface area contributed by atoms with Crippen LogP contribution in [0.1, 0.15) is 15.9 Å². The number of carbonyl (C=O) groups is 2. The van der Waals surface area contributed by atoms with Crippen molar-refractivity contribution < 1.29 is 14.3 Å². The molecule has 1 saturated heterocycles. The molecule has 2 aromatic rings. The van der Waals surface area contributed by atoms with Gasteiger partial charge in [-0.1, -0.05) is 12.1 Å². The summed E-state index contributed by atoms with van der Waals surface area (Å²) in [5, 5.41) is 2.87. The molecule has 25 heavy (non-hydrogen) atoms. The van der Waals surface area contributed by atoms with E-state index in [4.69, 9.17) is 4.74 Å². The number of benzene rings is 1. The standard InChI is InChI=1S/C18H20N4O3/c1-21(2)16-7-6-14(12-19-16)17(23)20-11-13-4-3-5-15(10-13)22-8-9-25-18(22)24/h3-7,10,12H,8-9,11H2,1-2H3,(H,20,23). The summed E-state index contributed by atoms with van der Waals surface area (Å²) < 4.78 is 4.95. The summed E-state index contributed by atoms with van der Waals surface area (Å²) >= 11 is 0. The summed E-state index contributed by atoms with van der Waals surface area (Å²) in [4.78, 5) is 31.6. The third-order valence-corrected chi connectivity index (χ3v) is 3.90. The first-order valence-electron chi connectivity index (χ1n) is 7.99. The molecule has 130 valence electrons. The van der Waals surface area contributed by atoms with E-state index in [1.807, 2.05) is 43.3 Å². The van der Waals surface area contributed by atoms with E-state index in [1.165, 1.54) is 0 Å². The molecule has 0 radical (unpaired) electrons. The first-order chi connectivity index (χ1) is 12.0. The van der Waals surface area contributed by atoms with Gasteiger partial charge in [-0.15, -0.1) is 0 Å². The van der Waals surface area contributed by atoms with Crippen molar-refractivity contribution in [2.24, 2.45) is 0 Å². The van der Waals surface area contributed by atoms with Crippen LogP contribution in [0.5, 0.6) is 0 Å². The molecule has 1 aliphatic rings. The Morgan fingerprint density at radius 2 is 2.16 bits per heavy atom. The predicted molar refractivity (Wildman–Crippen MR) is 94.9 cm³/mol. The maximum Gasteiger partial charge on any atom is 0.414 e. The molecule has 0 atom stereocenters. The van der Waals surface area contributed by atoms with Gasteiger partial charge in [0.2, 0.25) is 0 Å². The predicted octanol–water partition coefficient (Wildman–Crippen LogP) is 2.03. The quantitative estimate of drug-likeness (QED) is 0.901. The van der Waals surface area contributed by atoms with E-state index in [0.717, 1.165) is 17.1 Å². The molecule has 1 aliphatic heterocycles. The molecule has 2 amide bonds. The van der Waals surface area contributed by atoms with Crippen LogP contribution in [0, 0.1) is 0 Å². The van der Waals surface area contributed by atoms with Crippen LogP contribution in [0.2, 0.25) is 0 Å². The summed E-state index contributed by atoms with van der Waals surface area (Å²) in [5.74, 6) is 0.602. The Morgan fingerprint density at radius 1 is 1.32 bits per heavy atom. The Labute approximate surface area is 146 Å². The molecular formula is C18H20N4O3. The second-order valence-electron chi connectivity index (χ2n) is 5.92. The minimum atomic E-state index is -0.340. The van der Waals surface area contributed by atoms with Crippen LogP contribution in [0.15, 0.2) is 42.6 Å². The number of carbonyl (C=O) groups excluding carboxylic acids is 2. The van der Waals surface area contributed by atoms with E-state index >= 15 is 0 Å². The van der Waals surface area contributed by atoms with E-state index < -0.39 is 0 Å². The highest BCUT2D eigenvalue weighted by Crippen LogP contribution is 2.20. The molecule has 0 bridgehead atoms. The number of nitrogens with zero attached hydrogens (tertiary/aromatic N) is 3. The number of ether oxygens (including phenoxy) is 1. The molecule has 1 N–H and O–H groups in total. The normalized spacial score (nSPS) is 13.5. The van der Waals surface area contributed by atoms with Gasteiger partial charge in [-0.25, -0.2) is 9.78 Å². The highest BCUT2D eigenvalue weighted by atomic mass is 16.6. The molecule has 0 saturated carbocycles. The van der Waals surface area contributed by atoms with Gasteiger partial charge in [0.15, 0.2) is 0 Å². The van der Waals surface area contributed by atoms with Crippen molar-refractivity contribution in [3.8, 4) is 0 Å². The lowest BCUT2D eigenvalue weighted by atomic mass is 10.2. The molecule has 1 fully saturated rings. The number of nitrogens with one attached hydrogen (secondary N) is 1. The number of hydrogen-bond donors (Lipinski definition) is 1. The maximum atomic E-state index is 12.2. The zero-order valence-corrected chi connectivity index (χ0v) is 14.2. The van der Waals surface area contributed by atoms with E-state index in [2.05, 4.69) is 10.3 Å². The van der Waals surface area contributed by atoms with Crippen LogP contribution in [0.4, 0.5) is 16.3 Å². The van der Waals surface area contributed by atoms with Crippen molar-refractivity contribution in [3.05, 3.63) is 53.7 Å². The first kappa shape index (κ1) is 16.8. The zero-order chi connectivity index (χ0) is 17.8. The van der Waals surface area contributed by atoms with Gasteiger partial charge in [-0.3, -0.25) is 9.69 Å². The summed E-state index contributed by atoms with van der Waals surface area (Å²) in [6, 6.07) is 11.0. The van der Waals surface area contributed by atoms with Crippen LogP contribution in [-0.4, -0.2) is 44.2 Å². The van der Waals surface area contributed by atoms with Gasteiger partial charge >= 0.3 is 6.09 Å². The van der Waals surface area contributed by atoms with Gasteiger partial charge in [-0.05, 0) is 29.8 Å². The number of cyclic esters (lactones) is 1. The SMILES string of the molecule is CN(C)c1ccc(C(=O)NCc2cccc(N3CCOC3=O)c2)cn1. The van der Waals surface area contributed by atoms with E-state index in [-0.39, 0.29) is 12.0 Å². The fourth-order valence-electron chi connectivity index (χ4n) is 2.53. The van der Waals surface area contributed by atoms with Crippen molar-refractivity contribution in [1.82, 2.24) is 10.3 Å². The molecule has 1 aromatic carbocycles.